The molecule has 110 valence electrons. The lowest BCUT2D eigenvalue weighted by Gasteiger charge is -2.32. The first kappa shape index (κ1) is 14.7. The van der Waals surface area contributed by atoms with Gasteiger partial charge in [-0.1, -0.05) is 0 Å². The fourth-order valence-electron chi connectivity index (χ4n) is 2.56. The van der Waals surface area contributed by atoms with E-state index in [4.69, 9.17) is 15.2 Å². The van der Waals surface area contributed by atoms with Gasteiger partial charge in [-0.15, -0.1) is 0 Å². The van der Waals surface area contributed by atoms with Crippen molar-refractivity contribution in [2.24, 2.45) is 11.7 Å². The van der Waals surface area contributed by atoms with E-state index in [2.05, 4.69) is 0 Å². The number of benzene rings is 1. The van der Waals surface area contributed by atoms with Crippen LogP contribution in [0.25, 0.3) is 0 Å². The lowest BCUT2D eigenvalue weighted by molar-refractivity contribution is 0.0677. The lowest BCUT2D eigenvalue weighted by Crippen LogP contribution is -2.42. The second-order valence-electron chi connectivity index (χ2n) is 5.10. The number of nitrogens with two attached hydrogens (primary N) is 1. The van der Waals surface area contributed by atoms with Gasteiger partial charge in [-0.3, -0.25) is 4.79 Å². The van der Waals surface area contributed by atoms with Gasteiger partial charge in [0.2, 0.25) is 0 Å². The van der Waals surface area contributed by atoms with Crippen molar-refractivity contribution in [2.45, 2.75) is 12.8 Å². The highest BCUT2D eigenvalue weighted by Gasteiger charge is 2.24. The smallest absolute Gasteiger partial charge is 0.254 e. The molecule has 0 saturated carbocycles. The molecule has 1 amide bonds. The summed E-state index contributed by atoms with van der Waals surface area (Å²) in [7, 11) is 3.16. The van der Waals surface area contributed by atoms with Gasteiger partial charge in [0.25, 0.3) is 5.91 Å². The second kappa shape index (κ2) is 6.61. The van der Waals surface area contributed by atoms with Crippen LogP contribution >= 0.6 is 0 Å². The van der Waals surface area contributed by atoms with Gasteiger partial charge < -0.3 is 20.1 Å². The second-order valence-corrected chi connectivity index (χ2v) is 5.10. The van der Waals surface area contributed by atoms with Gasteiger partial charge in [0.15, 0.2) is 0 Å². The Bertz CT molecular complexity index is 454. The van der Waals surface area contributed by atoms with Crippen LogP contribution in [0.4, 0.5) is 0 Å². The number of rotatable bonds is 4. The lowest BCUT2D eigenvalue weighted by atomic mass is 9.97. The minimum Gasteiger partial charge on any atom is -0.497 e. The molecule has 1 fully saturated rings. The van der Waals surface area contributed by atoms with Gasteiger partial charge >= 0.3 is 0 Å². The highest BCUT2D eigenvalue weighted by atomic mass is 16.5. The standard InChI is InChI=1S/C15H22N2O3/c1-19-13-6-12(7-14(8-13)20-2)15(18)17-5-3-4-11(9-16)10-17/h6-8,11H,3-5,9-10,16H2,1-2H3. The van der Waals surface area contributed by atoms with Crippen LogP contribution in [0.1, 0.15) is 23.2 Å². The normalized spacial score (nSPS) is 18.8. The third kappa shape index (κ3) is 3.22. The molecule has 2 rings (SSSR count). The molecule has 0 radical (unpaired) electrons. The third-order valence-corrected chi connectivity index (χ3v) is 3.74. The summed E-state index contributed by atoms with van der Waals surface area (Å²) in [6.45, 7) is 2.15. The van der Waals surface area contributed by atoms with Crippen molar-refractivity contribution in [1.29, 1.82) is 0 Å². The average molecular weight is 278 g/mol. The van der Waals surface area contributed by atoms with E-state index in [1.165, 1.54) is 0 Å². The molecule has 1 aromatic rings. The van der Waals surface area contributed by atoms with Crippen LogP contribution in [-0.2, 0) is 0 Å². The minimum absolute atomic E-state index is 0.0142. The fraction of sp³-hybridized carbons (Fsp3) is 0.533. The van der Waals surface area contributed by atoms with Crippen molar-refractivity contribution >= 4 is 5.91 Å². The summed E-state index contributed by atoms with van der Waals surface area (Å²) in [5.41, 5.74) is 6.31. The van der Waals surface area contributed by atoms with E-state index in [9.17, 15) is 4.79 Å². The Morgan fingerprint density at radius 2 is 1.95 bits per heavy atom. The van der Waals surface area contributed by atoms with Gasteiger partial charge in [0.1, 0.15) is 11.5 Å². The Morgan fingerprint density at radius 1 is 1.30 bits per heavy atom. The largest absolute Gasteiger partial charge is 0.497 e. The molecule has 1 atom stereocenters. The van der Waals surface area contributed by atoms with Crippen molar-refractivity contribution in [3.8, 4) is 11.5 Å². The number of nitrogens with zero attached hydrogens (tertiary/aromatic N) is 1. The predicted molar refractivity (Wildman–Crippen MR) is 77.2 cm³/mol. The van der Waals surface area contributed by atoms with Crippen LogP contribution in [0.2, 0.25) is 0 Å². The van der Waals surface area contributed by atoms with E-state index >= 15 is 0 Å². The maximum atomic E-state index is 12.6. The predicted octanol–water partition coefficient (Wildman–Crippen LogP) is 1.51. The molecule has 1 aliphatic rings. The molecule has 1 saturated heterocycles. The number of hydrogen-bond acceptors (Lipinski definition) is 4. The van der Waals surface area contributed by atoms with Crippen molar-refractivity contribution in [3.05, 3.63) is 23.8 Å². The summed E-state index contributed by atoms with van der Waals surface area (Å²) in [5, 5.41) is 0. The molecule has 1 aromatic carbocycles. The van der Waals surface area contributed by atoms with E-state index in [1.807, 2.05) is 4.90 Å². The number of carbonyl (C=O) groups is 1. The SMILES string of the molecule is COc1cc(OC)cc(C(=O)N2CCCC(CN)C2)c1. The van der Waals surface area contributed by atoms with Gasteiger partial charge in [-0.2, -0.15) is 0 Å². The highest BCUT2D eigenvalue weighted by molar-refractivity contribution is 5.95. The number of carbonyl (C=O) groups excluding carboxylic acids is 1. The van der Waals surface area contributed by atoms with E-state index < -0.39 is 0 Å². The minimum atomic E-state index is 0.0142. The molecule has 2 N–H and O–H groups in total. The number of amides is 1. The first-order valence-electron chi connectivity index (χ1n) is 6.90. The Kier molecular flexibility index (Phi) is 4.84. The summed E-state index contributed by atoms with van der Waals surface area (Å²) < 4.78 is 10.4. The van der Waals surface area contributed by atoms with Crippen LogP contribution in [0.3, 0.4) is 0 Å². The van der Waals surface area contributed by atoms with Crippen molar-refractivity contribution < 1.29 is 14.3 Å². The number of hydrogen-bond donors (Lipinski definition) is 1. The molecule has 5 nitrogen and oxygen atoms in total. The van der Waals surface area contributed by atoms with E-state index in [0.717, 1.165) is 25.9 Å². The Balaban J connectivity index is 2.19. The molecule has 0 spiro atoms. The fourth-order valence-corrected chi connectivity index (χ4v) is 2.56. The Morgan fingerprint density at radius 3 is 2.50 bits per heavy atom. The van der Waals surface area contributed by atoms with Gasteiger partial charge in [0.05, 0.1) is 14.2 Å². The first-order chi connectivity index (χ1) is 9.67. The zero-order chi connectivity index (χ0) is 14.5. The maximum absolute atomic E-state index is 12.6. The molecule has 1 heterocycles. The molecule has 0 aliphatic carbocycles. The molecule has 20 heavy (non-hydrogen) atoms. The van der Waals surface area contributed by atoms with Gasteiger partial charge in [-0.05, 0) is 37.4 Å². The Hall–Kier alpha value is -1.75. The quantitative estimate of drug-likeness (QED) is 0.907. The van der Waals surface area contributed by atoms with Crippen LogP contribution in [-0.4, -0.2) is 44.7 Å². The molecule has 0 aromatic heterocycles. The van der Waals surface area contributed by atoms with Crippen molar-refractivity contribution in [1.82, 2.24) is 4.90 Å². The molecular weight excluding hydrogens is 256 g/mol. The monoisotopic (exact) mass is 278 g/mol. The highest BCUT2D eigenvalue weighted by Crippen LogP contribution is 2.25. The van der Waals surface area contributed by atoms with Crippen LogP contribution in [0.5, 0.6) is 11.5 Å². The van der Waals surface area contributed by atoms with Crippen LogP contribution in [0, 0.1) is 5.92 Å². The zero-order valence-electron chi connectivity index (χ0n) is 12.1. The van der Waals surface area contributed by atoms with Crippen molar-refractivity contribution in [3.63, 3.8) is 0 Å². The molecule has 0 bridgehead atoms. The number of likely N-dealkylation sites (tertiary alicyclic amines) is 1. The summed E-state index contributed by atoms with van der Waals surface area (Å²) in [6.07, 6.45) is 2.11. The van der Waals surface area contributed by atoms with E-state index in [0.29, 0.717) is 29.5 Å². The molecular formula is C15H22N2O3. The number of piperidine rings is 1. The Labute approximate surface area is 119 Å². The summed E-state index contributed by atoms with van der Waals surface area (Å²) in [6, 6.07) is 5.25. The third-order valence-electron chi connectivity index (χ3n) is 3.74. The van der Waals surface area contributed by atoms with E-state index in [1.54, 1.807) is 32.4 Å². The zero-order valence-corrected chi connectivity index (χ0v) is 12.1. The number of methoxy groups -OCH3 is 2. The van der Waals surface area contributed by atoms with E-state index in [-0.39, 0.29) is 5.91 Å². The van der Waals surface area contributed by atoms with Crippen LogP contribution in [0.15, 0.2) is 18.2 Å². The average Bonchev–Trinajstić information content (AvgIpc) is 2.53. The van der Waals surface area contributed by atoms with Gasteiger partial charge in [-0.25, -0.2) is 0 Å². The molecule has 1 unspecified atom stereocenters. The number of ether oxygens (including phenoxy) is 2. The van der Waals surface area contributed by atoms with Crippen LogP contribution < -0.4 is 15.2 Å². The maximum Gasteiger partial charge on any atom is 0.254 e. The summed E-state index contributed by atoms with van der Waals surface area (Å²) in [4.78, 5) is 14.4. The summed E-state index contributed by atoms with van der Waals surface area (Å²) in [5.74, 6) is 1.67. The van der Waals surface area contributed by atoms with Crippen molar-refractivity contribution in [2.75, 3.05) is 33.9 Å². The summed E-state index contributed by atoms with van der Waals surface area (Å²) >= 11 is 0. The topological polar surface area (TPSA) is 64.8 Å². The molecule has 1 aliphatic heterocycles. The first-order valence-corrected chi connectivity index (χ1v) is 6.90. The molecule has 5 heteroatoms. The van der Waals surface area contributed by atoms with Gasteiger partial charge in [0, 0.05) is 24.7 Å².